The summed E-state index contributed by atoms with van der Waals surface area (Å²) < 4.78 is 41.1. The van der Waals surface area contributed by atoms with Crippen molar-refractivity contribution in [1.82, 2.24) is 4.31 Å². The highest BCUT2D eigenvalue weighted by Gasteiger charge is 2.29. The van der Waals surface area contributed by atoms with Gasteiger partial charge in [-0.1, -0.05) is 18.0 Å². The topological polar surface area (TPSA) is 66.5 Å². The van der Waals surface area contributed by atoms with Crippen LogP contribution in [0.5, 0.6) is 0 Å². The Kier molecular flexibility index (Phi) is 5.83. The maximum Gasteiger partial charge on any atom is 0.255 e. The number of carbonyl (C=O) groups is 1. The number of sulfonamides is 1. The molecule has 1 N–H and O–H groups in total. The number of benzene rings is 2. The van der Waals surface area contributed by atoms with Crippen LogP contribution in [0.15, 0.2) is 41.3 Å². The molecule has 0 radical (unpaired) electrons. The molecular weight excluding hydrogens is 391 g/mol. The third-order valence-corrected chi connectivity index (χ3v) is 6.71. The van der Waals surface area contributed by atoms with Crippen LogP contribution in [0.1, 0.15) is 35.2 Å². The molecule has 2 aromatic carbocycles. The molecule has 0 saturated carbocycles. The summed E-state index contributed by atoms with van der Waals surface area (Å²) >= 11 is 5.91. The van der Waals surface area contributed by atoms with E-state index < -0.39 is 26.6 Å². The molecule has 2 aromatic rings. The van der Waals surface area contributed by atoms with Crippen molar-refractivity contribution < 1.29 is 17.6 Å². The fourth-order valence-electron chi connectivity index (χ4n) is 3.05. The van der Waals surface area contributed by atoms with Crippen LogP contribution in [0, 0.1) is 12.7 Å². The average Bonchev–Trinajstić information content (AvgIpc) is 2.65. The lowest BCUT2D eigenvalue weighted by Crippen LogP contribution is -2.36. The zero-order valence-corrected chi connectivity index (χ0v) is 16.4. The van der Waals surface area contributed by atoms with Crippen LogP contribution in [0.4, 0.5) is 10.1 Å². The van der Waals surface area contributed by atoms with E-state index in [-0.39, 0.29) is 5.56 Å². The zero-order valence-electron chi connectivity index (χ0n) is 14.8. The van der Waals surface area contributed by atoms with Gasteiger partial charge in [-0.05, 0) is 61.7 Å². The van der Waals surface area contributed by atoms with Crippen molar-refractivity contribution in [3.8, 4) is 0 Å². The van der Waals surface area contributed by atoms with E-state index in [1.165, 1.54) is 10.4 Å². The number of rotatable bonds is 4. The van der Waals surface area contributed by atoms with Gasteiger partial charge in [0.1, 0.15) is 10.7 Å². The Balaban J connectivity index is 1.89. The minimum absolute atomic E-state index is 0.0707. The highest BCUT2D eigenvalue weighted by molar-refractivity contribution is 7.89. The third kappa shape index (κ3) is 4.31. The quantitative estimate of drug-likeness (QED) is 0.820. The zero-order chi connectivity index (χ0) is 19.6. The monoisotopic (exact) mass is 410 g/mol. The second-order valence-corrected chi connectivity index (χ2v) is 8.87. The SMILES string of the molecule is Cc1cc(Cl)ccc1NC(=O)c1ccc(F)c(S(=O)(=O)N2CCCCC2)c1. The maximum absolute atomic E-state index is 14.3. The van der Waals surface area contributed by atoms with Gasteiger partial charge in [0, 0.05) is 29.4 Å². The standard InChI is InChI=1S/C19H20ClFN2O3S/c1-13-11-15(20)6-8-17(13)22-19(24)14-5-7-16(21)18(12-14)27(25,26)23-9-3-2-4-10-23/h5-8,11-12H,2-4,9-10H2,1H3,(H,22,24). The molecule has 1 saturated heterocycles. The first kappa shape index (κ1) is 19.8. The normalized spacial score (nSPS) is 15.5. The van der Waals surface area contributed by atoms with Crippen molar-refractivity contribution in [3.63, 3.8) is 0 Å². The Morgan fingerprint density at radius 3 is 2.48 bits per heavy atom. The van der Waals surface area contributed by atoms with Crippen LogP contribution in [0.25, 0.3) is 0 Å². The predicted octanol–water partition coefficient (Wildman–Crippen LogP) is 4.21. The third-order valence-electron chi connectivity index (χ3n) is 4.56. The molecule has 1 fully saturated rings. The van der Waals surface area contributed by atoms with Crippen LogP contribution in [-0.2, 0) is 10.0 Å². The van der Waals surface area contributed by atoms with Gasteiger partial charge in [-0.25, -0.2) is 12.8 Å². The van der Waals surface area contributed by atoms with Gasteiger partial charge >= 0.3 is 0 Å². The summed E-state index contributed by atoms with van der Waals surface area (Å²) in [6, 6.07) is 8.38. The molecule has 3 rings (SSSR count). The molecule has 144 valence electrons. The van der Waals surface area contributed by atoms with E-state index in [4.69, 9.17) is 11.6 Å². The number of nitrogens with zero attached hydrogens (tertiary/aromatic N) is 1. The van der Waals surface area contributed by atoms with E-state index in [1.54, 1.807) is 25.1 Å². The summed E-state index contributed by atoms with van der Waals surface area (Å²) in [5, 5.41) is 3.25. The minimum atomic E-state index is -3.97. The van der Waals surface area contributed by atoms with Crippen molar-refractivity contribution in [2.24, 2.45) is 0 Å². The minimum Gasteiger partial charge on any atom is -0.322 e. The largest absolute Gasteiger partial charge is 0.322 e. The average molecular weight is 411 g/mol. The van der Waals surface area contributed by atoms with Crippen molar-refractivity contribution in [2.45, 2.75) is 31.1 Å². The Morgan fingerprint density at radius 2 is 1.81 bits per heavy atom. The Labute approximate surface area is 163 Å². The number of nitrogens with one attached hydrogen (secondary N) is 1. The van der Waals surface area contributed by atoms with E-state index in [9.17, 15) is 17.6 Å². The molecule has 0 bridgehead atoms. The predicted molar refractivity (Wildman–Crippen MR) is 103 cm³/mol. The molecule has 0 atom stereocenters. The first-order valence-corrected chi connectivity index (χ1v) is 10.5. The summed E-state index contributed by atoms with van der Waals surface area (Å²) in [4.78, 5) is 12.1. The lowest BCUT2D eigenvalue weighted by Gasteiger charge is -2.26. The second-order valence-electron chi connectivity index (χ2n) is 6.52. The number of piperidine rings is 1. The van der Waals surface area contributed by atoms with Crippen LogP contribution < -0.4 is 5.32 Å². The Bertz CT molecular complexity index is 973. The fourth-order valence-corrected chi connectivity index (χ4v) is 4.88. The van der Waals surface area contributed by atoms with Crippen LogP contribution in [-0.4, -0.2) is 31.7 Å². The van der Waals surface area contributed by atoms with Crippen molar-refractivity contribution >= 4 is 33.2 Å². The van der Waals surface area contributed by atoms with Crippen LogP contribution in [0.3, 0.4) is 0 Å². The summed E-state index contributed by atoms with van der Waals surface area (Å²) in [6.45, 7) is 2.52. The van der Waals surface area contributed by atoms with Gasteiger partial charge in [-0.15, -0.1) is 0 Å². The molecule has 0 aromatic heterocycles. The summed E-state index contributed by atoms with van der Waals surface area (Å²) in [5.41, 5.74) is 1.38. The number of hydrogen-bond donors (Lipinski definition) is 1. The first-order valence-electron chi connectivity index (χ1n) is 8.66. The number of anilines is 1. The van der Waals surface area contributed by atoms with Gasteiger partial charge in [0.2, 0.25) is 10.0 Å². The molecule has 1 aliphatic heterocycles. The molecule has 27 heavy (non-hydrogen) atoms. The first-order chi connectivity index (χ1) is 12.8. The molecular formula is C19H20ClFN2O3S. The highest BCUT2D eigenvalue weighted by Crippen LogP contribution is 2.25. The summed E-state index contributed by atoms with van der Waals surface area (Å²) in [7, 11) is -3.97. The van der Waals surface area contributed by atoms with Gasteiger partial charge in [-0.3, -0.25) is 4.79 Å². The molecule has 0 aliphatic carbocycles. The fraction of sp³-hybridized carbons (Fsp3) is 0.316. The van der Waals surface area contributed by atoms with Gasteiger partial charge in [0.25, 0.3) is 5.91 Å². The molecule has 5 nitrogen and oxygen atoms in total. The van der Waals surface area contributed by atoms with Gasteiger partial charge in [-0.2, -0.15) is 4.31 Å². The van der Waals surface area contributed by atoms with Crippen molar-refractivity contribution in [3.05, 3.63) is 58.4 Å². The van der Waals surface area contributed by atoms with E-state index >= 15 is 0 Å². The van der Waals surface area contributed by atoms with E-state index in [1.807, 2.05) is 0 Å². The Hall–Kier alpha value is -1.96. The van der Waals surface area contributed by atoms with Crippen molar-refractivity contribution in [2.75, 3.05) is 18.4 Å². The number of aryl methyl sites for hydroxylation is 1. The van der Waals surface area contributed by atoms with Crippen molar-refractivity contribution in [1.29, 1.82) is 0 Å². The second kappa shape index (κ2) is 7.96. The number of hydrogen-bond acceptors (Lipinski definition) is 3. The maximum atomic E-state index is 14.3. The smallest absolute Gasteiger partial charge is 0.255 e. The number of halogens is 2. The molecule has 1 amide bonds. The highest BCUT2D eigenvalue weighted by atomic mass is 35.5. The van der Waals surface area contributed by atoms with E-state index in [2.05, 4.69) is 5.32 Å². The van der Waals surface area contributed by atoms with Gasteiger partial charge in [0.15, 0.2) is 0 Å². The van der Waals surface area contributed by atoms with E-state index in [0.29, 0.717) is 23.8 Å². The lowest BCUT2D eigenvalue weighted by molar-refractivity contribution is 0.102. The molecule has 1 heterocycles. The van der Waals surface area contributed by atoms with Gasteiger partial charge < -0.3 is 5.32 Å². The number of carbonyl (C=O) groups excluding carboxylic acids is 1. The van der Waals surface area contributed by atoms with E-state index in [0.717, 1.165) is 37.0 Å². The van der Waals surface area contributed by atoms with Gasteiger partial charge in [0.05, 0.1) is 0 Å². The number of amides is 1. The lowest BCUT2D eigenvalue weighted by atomic mass is 10.1. The van der Waals surface area contributed by atoms with Crippen LogP contribution >= 0.6 is 11.6 Å². The summed E-state index contributed by atoms with van der Waals surface area (Å²) in [5.74, 6) is -1.38. The molecule has 1 aliphatic rings. The molecule has 0 spiro atoms. The molecule has 0 unspecified atom stereocenters. The molecule has 8 heteroatoms. The van der Waals surface area contributed by atoms with Crippen LogP contribution in [0.2, 0.25) is 5.02 Å². The summed E-state index contributed by atoms with van der Waals surface area (Å²) in [6.07, 6.45) is 2.45. The Morgan fingerprint density at radius 1 is 1.11 bits per heavy atom.